The number of H-pyrrole nitrogens is 1. The van der Waals surface area contributed by atoms with Gasteiger partial charge >= 0.3 is 12.1 Å². The highest BCUT2D eigenvalue weighted by molar-refractivity contribution is 9.10. The van der Waals surface area contributed by atoms with E-state index in [1.165, 1.54) is 17.4 Å². The van der Waals surface area contributed by atoms with Gasteiger partial charge in [0.05, 0.1) is 5.56 Å². The molecule has 0 bridgehead atoms. The van der Waals surface area contributed by atoms with Crippen LogP contribution in [-0.4, -0.2) is 76.9 Å². The monoisotopic (exact) mass is 641 g/mol. The van der Waals surface area contributed by atoms with Gasteiger partial charge in [-0.15, -0.1) is 5.10 Å². The Labute approximate surface area is 238 Å². The maximum atomic E-state index is 13.5. The van der Waals surface area contributed by atoms with E-state index >= 15 is 0 Å². The summed E-state index contributed by atoms with van der Waals surface area (Å²) < 4.78 is 44.9. The lowest BCUT2D eigenvalue weighted by Gasteiger charge is -2.40. The van der Waals surface area contributed by atoms with Crippen molar-refractivity contribution in [3.8, 4) is 11.4 Å². The summed E-state index contributed by atoms with van der Waals surface area (Å²) in [7, 11) is 0. The Morgan fingerprint density at radius 3 is 2.78 bits per heavy atom. The van der Waals surface area contributed by atoms with E-state index in [-0.39, 0.29) is 52.5 Å². The highest BCUT2D eigenvalue weighted by atomic mass is 79.9. The average Bonchev–Trinajstić information content (AvgIpc) is 3.64. The summed E-state index contributed by atoms with van der Waals surface area (Å²) in [6.07, 6.45) is -0.938. The summed E-state index contributed by atoms with van der Waals surface area (Å²) >= 11 is 3.22. The molecule has 2 aliphatic heterocycles. The summed E-state index contributed by atoms with van der Waals surface area (Å²) in [4.78, 5) is 51.9. The van der Waals surface area contributed by atoms with Gasteiger partial charge in [-0.05, 0) is 28.8 Å². The number of fused-ring (bicyclic) bond motifs is 2. The summed E-state index contributed by atoms with van der Waals surface area (Å²) in [6, 6.07) is 0. The number of hydrogen-bond acceptors (Lipinski definition) is 13. The number of carbonyl (C=O) groups is 2. The van der Waals surface area contributed by atoms with Gasteiger partial charge in [0, 0.05) is 25.6 Å². The average molecular weight is 642 g/mol. The fraction of sp³-hybridized carbons (Fsp3) is 0.455. The summed E-state index contributed by atoms with van der Waals surface area (Å²) in [5, 5.41) is 8.50. The number of nitrogens with one attached hydrogen (secondary N) is 1. The topological polar surface area (TPSA) is 185 Å². The second-order valence-electron chi connectivity index (χ2n) is 9.03. The van der Waals surface area contributed by atoms with Crippen molar-refractivity contribution in [3.63, 3.8) is 0 Å². The smallest absolute Gasteiger partial charge is 0.383 e. The third kappa shape index (κ3) is 5.66. The number of hydroxylamine groups is 1. The number of aryl methyl sites for hydroxylation is 1. The molecule has 0 aromatic carbocycles. The number of halogens is 4. The standard InChI is InChI=1S/C22H23BrF3N11O4/c1-2-3-4-8-35-17-14(31-20(23)32-17)18(38)36-12(33-37(21(35)36)41-19(39)22(24,25)26)6-5-7-13-30-16(34-40-13)11-9-28-10-29-15(11)27/h9-10,21H,2-8H2,1H3,(H,31,32)(H2,27,28,29). The highest BCUT2D eigenvalue weighted by Crippen LogP contribution is 2.37. The summed E-state index contributed by atoms with van der Waals surface area (Å²) in [6.45, 7) is 2.29. The zero-order chi connectivity index (χ0) is 29.3. The molecule has 5 rings (SSSR count). The third-order valence-electron chi connectivity index (χ3n) is 6.21. The van der Waals surface area contributed by atoms with Gasteiger partial charge in [-0.1, -0.05) is 30.1 Å². The lowest BCUT2D eigenvalue weighted by atomic mass is 10.1. The first kappa shape index (κ1) is 28.2. The van der Waals surface area contributed by atoms with Gasteiger partial charge in [-0.3, -0.25) is 4.79 Å². The predicted molar refractivity (Wildman–Crippen MR) is 137 cm³/mol. The minimum absolute atomic E-state index is 0.0762. The Kier molecular flexibility index (Phi) is 7.78. The SMILES string of the molecule is CCCCCN1c2nc(Br)[nH]c2C(=O)N2C(CCCc3nc(-c4cncnc4N)no3)=NN(OC(=O)C(F)(F)F)C21. The molecule has 5 heterocycles. The molecule has 2 aliphatic rings. The molecule has 3 N–H and O–H groups in total. The number of amides is 1. The van der Waals surface area contributed by atoms with E-state index in [0.717, 1.165) is 12.8 Å². The van der Waals surface area contributed by atoms with Crippen LogP contribution >= 0.6 is 15.9 Å². The fourth-order valence-corrected chi connectivity index (χ4v) is 4.72. The van der Waals surface area contributed by atoms with Crippen LogP contribution in [0.3, 0.4) is 0 Å². The van der Waals surface area contributed by atoms with Crippen molar-refractivity contribution in [1.82, 2.24) is 40.1 Å². The van der Waals surface area contributed by atoms with Gasteiger partial charge in [-0.25, -0.2) is 24.6 Å². The molecule has 0 saturated carbocycles. The van der Waals surface area contributed by atoms with Gasteiger partial charge in [0.2, 0.25) is 18.0 Å². The Morgan fingerprint density at radius 2 is 2.05 bits per heavy atom. The van der Waals surface area contributed by atoms with Crippen LogP contribution in [0, 0.1) is 0 Å². The summed E-state index contributed by atoms with van der Waals surface area (Å²) in [5.74, 6) is -2.20. The van der Waals surface area contributed by atoms with Crippen LogP contribution in [-0.2, 0) is 16.1 Å². The number of rotatable bonds is 10. The van der Waals surface area contributed by atoms with Crippen molar-refractivity contribution in [1.29, 1.82) is 0 Å². The molecular weight excluding hydrogens is 619 g/mol. The number of hydrogen-bond donors (Lipinski definition) is 2. The molecule has 1 amide bonds. The number of nitrogen functional groups attached to an aromatic ring is 1. The van der Waals surface area contributed by atoms with Gasteiger partial charge < -0.3 is 25.0 Å². The van der Waals surface area contributed by atoms with Crippen LogP contribution in [0.15, 0.2) is 26.9 Å². The van der Waals surface area contributed by atoms with Gasteiger partial charge in [-0.2, -0.15) is 18.2 Å². The lowest BCUT2D eigenvalue weighted by Crippen LogP contribution is -2.60. The van der Waals surface area contributed by atoms with Gasteiger partial charge in [0.15, 0.2) is 10.6 Å². The van der Waals surface area contributed by atoms with Crippen LogP contribution < -0.4 is 10.6 Å². The first-order chi connectivity index (χ1) is 19.6. The highest BCUT2D eigenvalue weighted by Gasteiger charge is 2.52. The number of amidine groups is 1. The van der Waals surface area contributed by atoms with Crippen molar-refractivity contribution in [2.45, 2.75) is 57.9 Å². The van der Waals surface area contributed by atoms with Crippen molar-refractivity contribution in [2.24, 2.45) is 5.10 Å². The summed E-state index contributed by atoms with van der Waals surface area (Å²) in [5.41, 5.74) is 6.33. The van der Waals surface area contributed by atoms with E-state index in [2.05, 4.69) is 55.9 Å². The molecule has 41 heavy (non-hydrogen) atoms. The molecule has 19 heteroatoms. The number of aromatic amines is 1. The molecule has 0 fully saturated rings. The largest absolute Gasteiger partial charge is 0.493 e. The first-order valence-electron chi connectivity index (χ1n) is 12.5. The zero-order valence-corrected chi connectivity index (χ0v) is 23.0. The van der Waals surface area contributed by atoms with Crippen molar-refractivity contribution in [3.05, 3.63) is 28.8 Å². The number of carbonyl (C=O) groups excluding carboxylic acids is 2. The molecule has 0 saturated heterocycles. The minimum atomic E-state index is -5.28. The minimum Gasteiger partial charge on any atom is -0.383 e. The first-order valence-corrected chi connectivity index (χ1v) is 13.3. The van der Waals surface area contributed by atoms with E-state index in [1.807, 2.05) is 6.92 Å². The maximum Gasteiger partial charge on any atom is 0.493 e. The molecule has 1 atom stereocenters. The number of unbranched alkanes of at least 4 members (excludes halogenated alkanes) is 2. The van der Waals surface area contributed by atoms with Crippen molar-refractivity contribution < 1.29 is 32.1 Å². The van der Waals surface area contributed by atoms with E-state index in [9.17, 15) is 22.8 Å². The van der Waals surface area contributed by atoms with Crippen LogP contribution in [0.1, 0.15) is 55.4 Å². The molecule has 3 aromatic heterocycles. The number of hydrazone groups is 1. The van der Waals surface area contributed by atoms with Crippen LogP contribution in [0.4, 0.5) is 24.8 Å². The van der Waals surface area contributed by atoms with E-state index in [4.69, 9.17) is 10.3 Å². The Balaban J connectivity index is 1.39. The van der Waals surface area contributed by atoms with Crippen molar-refractivity contribution >= 4 is 45.3 Å². The number of imidazole rings is 1. The van der Waals surface area contributed by atoms with Gasteiger partial charge in [0.1, 0.15) is 23.7 Å². The third-order valence-corrected chi connectivity index (χ3v) is 6.59. The number of aromatic nitrogens is 6. The Morgan fingerprint density at radius 1 is 1.24 bits per heavy atom. The molecule has 1 unspecified atom stereocenters. The zero-order valence-electron chi connectivity index (χ0n) is 21.4. The maximum absolute atomic E-state index is 13.5. The van der Waals surface area contributed by atoms with E-state index in [1.54, 1.807) is 4.90 Å². The Hall–Kier alpha value is -4.29. The quantitative estimate of drug-likeness (QED) is 0.309. The normalized spacial score (nSPS) is 16.6. The molecule has 0 spiro atoms. The van der Waals surface area contributed by atoms with Gasteiger partial charge in [0.25, 0.3) is 5.91 Å². The van der Waals surface area contributed by atoms with E-state index < -0.39 is 24.3 Å². The predicted octanol–water partition coefficient (Wildman–Crippen LogP) is 3.00. The molecular formula is C22H23BrF3N11O4. The number of nitrogens with two attached hydrogens (primary N) is 1. The van der Waals surface area contributed by atoms with Crippen LogP contribution in [0.25, 0.3) is 11.4 Å². The number of nitrogens with zero attached hydrogens (tertiary/aromatic N) is 9. The number of anilines is 2. The molecule has 3 aromatic rings. The molecule has 15 nitrogen and oxygen atoms in total. The lowest BCUT2D eigenvalue weighted by molar-refractivity contribution is -0.249. The molecule has 0 radical (unpaired) electrons. The molecule has 218 valence electrons. The van der Waals surface area contributed by atoms with E-state index in [0.29, 0.717) is 30.1 Å². The number of alkyl halides is 3. The second kappa shape index (κ2) is 11.3. The Bertz CT molecular complexity index is 1480. The van der Waals surface area contributed by atoms with Crippen molar-refractivity contribution in [2.75, 3.05) is 17.2 Å². The van der Waals surface area contributed by atoms with Crippen LogP contribution in [0.2, 0.25) is 0 Å². The second-order valence-corrected chi connectivity index (χ2v) is 9.78. The van der Waals surface area contributed by atoms with Crippen LogP contribution in [0.5, 0.6) is 0 Å². The fourth-order valence-electron chi connectivity index (χ4n) is 4.35. The molecule has 0 aliphatic carbocycles.